The van der Waals surface area contributed by atoms with Crippen LogP contribution in [0.2, 0.25) is 0 Å². The largest absolute Gasteiger partial charge is 0.394 e. The molecular formula is C20H26N6O. The minimum absolute atomic E-state index is 0.0449. The summed E-state index contributed by atoms with van der Waals surface area (Å²) < 4.78 is 2.06. The molecule has 1 aromatic carbocycles. The van der Waals surface area contributed by atoms with Gasteiger partial charge in [-0.1, -0.05) is 25.1 Å². The van der Waals surface area contributed by atoms with E-state index in [1.807, 2.05) is 13.3 Å². The smallest absolute Gasteiger partial charge is 0.227 e. The Morgan fingerprint density at radius 2 is 2.04 bits per heavy atom. The zero-order valence-corrected chi connectivity index (χ0v) is 16.1. The summed E-state index contributed by atoms with van der Waals surface area (Å²) in [5.74, 6) is 1.35. The summed E-state index contributed by atoms with van der Waals surface area (Å²) in [6.45, 7) is 7.18. The maximum Gasteiger partial charge on any atom is 0.227 e. The molecular weight excluding hydrogens is 340 g/mol. The summed E-state index contributed by atoms with van der Waals surface area (Å²) in [7, 11) is 0. The van der Waals surface area contributed by atoms with E-state index in [4.69, 9.17) is 9.97 Å². The van der Waals surface area contributed by atoms with E-state index in [1.54, 1.807) is 0 Å². The predicted octanol–water partition coefficient (Wildman–Crippen LogP) is 3.28. The van der Waals surface area contributed by atoms with E-state index < -0.39 is 0 Å². The fourth-order valence-electron chi connectivity index (χ4n) is 3.55. The fraction of sp³-hybridized carbons (Fsp3) is 0.450. The molecule has 0 fully saturated rings. The number of benzene rings is 1. The number of aromatic nitrogens is 4. The van der Waals surface area contributed by atoms with Crippen LogP contribution in [-0.2, 0) is 6.42 Å². The SMILES string of the molecule is CC[C@H](CO)Nc1nc(N2CCc3ccccc32)c2ncn(C(C)C)c2n1. The molecule has 27 heavy (non-hydrogen) atoms. The Bertz CT molecular complexity index is 947. The number of para-hydroxylation sites is 1. The van der Waals surface area contributed by atoms with E-state index in [0.717, 1.165) is 36.4 Å². The molecule has 0 unspecified atom stereocenters. The van der Waals surface area contributed by atoms with Gasteiger partial charge in [0.15, 0.2) is 17.0 Å². The lowest BCUT2D eigenvalue weighted by Gasteiger charge is -2.21. The highest BCUT2D eigenvalue weighted by molar-refractivity contribution is 5.89. The summed E-state index contributed by atoms with van der Waals surface area (Å²) >= 11 is 0. The van der Waals surface area contributed by atoms with E-state index in [2.05, 4.69) is 57.9 Å². The van der Waals surface area contributed by atoms with Crippen LogP contribution in [-0.4, -0.2) is 43.8 Å². The molecule has 7 heteroatoms. The topological polar surface area (TPSA) is 79.1 Å². The summed E-state index contributed by atoms with van der Waals surface area (Å²) in [4.78, 5) is 16.4. The number of anilines is 3. The number of aliphatic hydroxyl groups is 1. The molecule has 0 saturated heterocycles. The summed E-state index contributed by atoms with van der Waals surface area (Å²) in [6.07, 6.45) is 3.62. The molecule has 0 radical (unpaired) electrons. The molecule has 2 N–H and O–H groups in total. The van der Waals surface area contributed by atoms with Crippen molar-refractivity contribution < 1.29 is 5.11 Å². The number of rotatable bonds is 6. The maximum absolute atomic E-state index is 9.57. The van der Waals surface area contributed by atoms with Crippen molar-refractivity contribution in [1.82, 2.24) is 19.5 Å². The van der Waals surface area contributed by atoms with Crippen LogP contribution in [0.1, 0.15) is 38.8 Å². The molecule has 3 heterocycles. The minimum Gasteiger partial charge on any atom is -0.394 e. The van der Waals surface area contributed by atoms with E-state index >= 15 is 0 Å². The standard InChI is InChI=1S/C20H26N6O/c1-4-15(11-27)22-20-23-18(17-19(24-20)26(12-21-17)13(2)3)25-10-9-14-7-5-6-8-16(14)25/h5-8,12-13,15,27H,4,9-11H2,1-3H3,(H,22,23,24)/t15-/m1/s1. The van der Waals surface area contributed by atoms with Crippen molar-refractivity contribution in [3.05, 3.63) is 36.2 Å². The first-order valence-electron chi connectivity index (χ1n) is 9.59. The van der Waals surface area contributed by atoms with Crippen LogP contribution in [0.3, 0.4) is 0 Å². The molecule has 1 aliphatic rings. The van der Waals surface area contributed by atoms with Gasteiger partial charge >= 0.3 is 0 Å². The second kappa shape index (κ2) is 7.15. The Morgan fingerprint density at radius 1 is 1.22 bits per heavy atom. The number of aliphatic hydroxyl groups excluding tert-OH is 1. The highest BCUT2D eigenvalue weighted by atomic mass is 16.3. The second-order valence-corrected chi connectivity index (χ2v) is 7.25. The Kier molecular flexibility index (Phi) is 4.70. The van der Waals surface area contributed by atoms with Crippen LogP contribution in [0.25, 0.3) is 11.2 Å². The van der Waals surface area contributed by atoms with Gasteiger partial charge in [0, 0.05) is 18.3 Å². The van der Waals surface area contributed by atoms with Crippen molar-refractivity contribution in [1.29, 1.82) is 0 Å². The van der Waals surface area contributed by atoms with E-state index in [-0.39, 0.29) is 18.7 Å². The molecule has 1 aliphatic heterocycles. The second-order valence-electron chi connectivity index (χ2n) is 7.25. The average molecular weight is 366 g/mol. The van der Waals surface area contributed by atoms with Crippen LogP contribution in [0.5, 0.6) is 0 Å². The van der Waals surface area contributed by atoms with E-state index in [1.165, 1.54) is 11.3 Å². The first-order chi connectivity index (χ1) is 13.1. The van der Waals surface area contributed by atoms with Gasteiger partial charge in [-0.25, -0.2) is 4.98 Å². The van der Waals surface area contributed by atoms with Crippen LogP contribution in [0.4, 0.5) is 17.5 Å². The van der Waals surface area contributed by atoms with Gasteiger partial charge in [-0.2, -0.15) is 9.97 Å². The van der Waals surface area contributed by atoms with Gasteiger partial charge in [0.1, 0.15) is 0 Å². The molecule has 0 spiro atoms. The number of hydrogen-bond donors (Lipinski definition) is 2. The third-order valence-corrected chi connectivity index (χ3v) is 5.15. The van der Waals surface area contributed by atoms with Gasteiger partial charge in [0.25, 0.3) is 0 Å². The average Bonchev–Trinajstić information content (AvgIpc) is 3.29. The number of imidazole rings is 1. The first-order valence-corrected chi connectivity index (χ1v) is 9.59. The van der Waals surface area contributed by atoms with Gasteiger partial charge in [-0.3, -0.25) is 0 Å². The van der Waals surface area contributed by atoms with Crippen LogP contribution in [0, 0.1) is 0 Å². The minimum atomic E-state index is -0.0726. The van der Waals surface area contributed by atoms with Crippen LogP contribution >= 0.6 is 0 Å². The third kappa shape index (κ3) is 3.12. The third-order valence-electron chi connectivity index (χ3n) is 5.15. The van der Waals surface area contributed by atoms with Crippen molar-refractivity contribution in [3.63, 3.8) is 0 Å². The molecule has 142 valence electrons. The highest BCUT2D eigenvalue weighted by Gasteiger charge is 2.26. The summed E-state index contributed by atoms with van der Waals surface area (Å²) in [5.41, 5.74) is 4.12. The molecule has 4 rings (SSSR count). The van der Waals surface area contributed by atoms with Crippen LogP contribution < -0.4 is 10.2 Å². The number of nitrogens with zero attached hydrogens (tertiary/aromatic N) is 5. The van der Waals surface area contributed by atoms with Crippen molar-refractivity contribution in [2.24, 2.45) is 0 Å². The predicted molar refractivity (Wildman–Crippen MR) is 108 cm³/mol. The molecule has 0 aliphatic carbocycles. The van der Waals surface area contributed by atoms with Crippen molar-refractivity contribution in [3.8, 4) is 0 Å². The lowest BCUT2D eigenvalue weighted by molar-refractivity contribution is 0.271. The normalized spacial score (nSPS) is 14.8. The zero-order valence-electron chi connectivity index (χ0n) is 16.1. The monoisotopic (exact) mass is 366 g/mol. The van der Waals surface area contributed by atoms with Crippen molar-refractivity contribution in [2.75, 3.05) is 23.4 Å². The molecule has 3 aromatic rings. The van der Waals surface area contributed by atoms with Crippen LogP contribution in [0.15, 0.2) is 30.6 Å². The first kappa shape index (κ1) is 17.7. The Morgan fingerprint density at radius 3 is 2.78 bits per heavy atom. The lowest BCUT2D eigenvalue weighted by atomic mass is 10.2. The number of nitrogens with one attached hydrogen (secondary N) is 1. The molecule has 1 atom stereocenters. The van der Waals surface area contributed by atoms with Crippen molar-refractivity contribution >= 4 is 28.6 Å². The number of fused-ring (bicyclic) bond motifs is 2. The van der Waals surface area contributed by atoms with E-state index in [0.29, 0.717) is 5.95 Å². The molecule has 2 aromatic heterocycles. The molecule has 0 bridgehead atoms. The van der Waals surface area contributed by atoms with Gasteiger partial charge in [0.2, 0.25) is 5.95 Å². The maximum atomic E-state index is 9.57. The summed E-state index contributed by atoms with van der Waals surface area (Å²) in [5, 5.41) is 12.8. The van der Waals surface area contributed by atoms with E-state index in [9.17, 15) is 5.11 Å². The Hall–Kier alpha value is -2.67. The quantitative estimate of drug-likeness (QED) is 0.697. The zero-order chi connectivity index (χ0) is 19.0. The van der Waals surface area contributed by atoms with Gasteiger partial charge < -0.3 is 19.9 Å². The van der Waals surface area contributed by atoms with Gasteiger partial charge in [-0.15, -0.1) is 0 Å². The van der Waals surface area contributed by atoms with Gasteiger partial charge in [-0.05, 0) is 38.3 Å². The number of hydrogen-bond acceptors (Lipinski definition) is 6. The lowest BCUT2D eigenvalue weighted by Crippen LogP contribution is -2.25. The Balaban J connectivity index is 1.86. The molecule has 7 nitrogen and oxygen atoms in total. The fourth-order valence-corrected chi connectivity index (χ4v) is 3.55. The summed E-state index contributed by atoms with van der Waals surface area (Å²) in [6, 6.07) is 8.60. The highest BCUT2D eigenvalue weighted by Crippen LogP contribution is 2.37. The van der Waals surface area contributed by atoms with Gasteiger partial charge in [0.05, 0.1) is 19.0 Å². The molecule has 0 amide bonds. The Labute approximate surface area is 159 Å². The molecule has 0 saturated carbocycles. The van der Waals surface area contributed by atoms with Crippen molar-refractivity contribution in [2.45, 2.75) is 45.7 Å².